The number of hydrogen-bond acceptors (Lipinski definition) is 5. The predicted molar refractivity (Wildman–Crippen MR) is 77.9 cm³/mol. The van der Waals surface area contributed by atoms with E-state index in [0.29, 0.717) is 19.5 Å². The number of ketones is 1. The number of hydrogen-bond donors (Lipinski definition) is 1. The van der Waals surface area contributed by atoms with Crippen LogP contribution in [0.5, 0.6) is 0 Å². The van der Waals surface area contributed by atoms with Crippen molar-refractivity contribution in [1.82, 2.24) is 9.62 Å². The summed E-state index contributed by atoms with van der Waals surface area (Å²) in [6, 6.07) is -0.0349. The number of piperidine rings is 1. The van der Waals surface area contributed by atoms with Crippen LogP contribution in [0.2, 0.25) is 0 Å². The molecule has 0 aromatic rings. The third-order valence-electron chi connectivity index (χ3n) is 3.75. The molecule has 0 aliphatic carbocycles. The van der Waals surface area contributed by atoms with Gasteiger partial charge in [0, 0.05) is 37.6 Å². The molecule has 2 heterocycles. The Morgan fingerprint density at radius 1 is 1.47 bits per heavy atom. The highest BCUT2D eigenvalue weighted by Gasteiger charge is 2.29. The predicted octanol–water partition coefficient (Wildman–Crippen LogP) is 0.322. The normalized spacial score (nSPS) is 30.2. The first-order valence-electron chi connectivity index (χ1n) is 6.76. The first kappa shape index (κ1) is 15.3. The Hall–Kier alpha value is -0.110. The maximum Gasteiger partial charge on any atom is 0.211 e. The van der Waals surface area contributed by atoms with Crippen molar-refractivity contribution < 1.29 is 13.2 Å². The molecule has 19 heavy (non-hydrogen) atoms. The number of thioether (sulfide) groups is 1. The van der Waals surface area contributed by atoms with Gasteiger partial charge in [0.05, 0.1) is 12.3 Å². The van der Waals surface area contributed by atoms with Crippen LogP contribution in [0.15, 0.2) is 0 Å². The zero-order valence-corrected chi connectivity index (χ0v) is 12.9. The smallest absolute Gasteiger partial charge is 0.211 e. The molecule has 2 aliphatic rings. The van der Waals surface area contributed by atoms with Crippen LogP contribution in [0.1, 0.15) is 19.3 Å². The Labute approximate surface area is 119 Å². The zero-order valence-electron chi connectivity index (χ0n) is 11.3. The van der Waals surface area contributed by atoms with E-state index in [9.17, 15) is 13.2 Å². The topological polar surface area (TPSA) is 66.5 Å². The highest BCUT2D eigenvalue weighted by molar-refractivity contribution is 7.99. The SMILES string of the molecule is CS(=O)(=O)N1CCCC(CC(=O)C2CSCCN2)C1. The number of sulfonamides is 1. The molecule has 2 atom stereocenters. The van der Waals surface area contributed by atoms with Crippen LogP contribution in [0.4, 0.5) is 0 Å². The summed E-state index contributed by atoms with van der Waals surface area (Å²) in [5.74, 6) is 2.34. The molecule has 2 aliphatic heterocycles. The van der Waals surface area contributed by atoms with Crippen molar-refractivity contribution in [1.29, 1.82) is 0 Å². The van der Waals surface area contributed by atoms with E-state index < -0.39 is 10.0 Å². The van der Waals surface area contributed by atoms with Crippen molar-refractivity contribution >= 4 is 27.6 Å². The Kier molecular flexibility index (Phi) is 5.28. The first-order chi connectivity index (χ1) is 8.97. The molecule has 2 rings (SSSR count). The van der Waals surface area contributed by atoms with E-state index in [4.69, 9.17) is 0 Å². The molecule has 0 spiro atoms. The molecule has 0 radical (unpaired) electrons. The number of rotatable bonds is 4. The molecule has 2 unspecified atom stereocenters. The first-order valence-corrected chi connectivity index (χ1v) is 9.76. The Bertz CT molecular complexity index is 419. The van der Waals surface area contributed by atoms with Crippen molar-refractivity contribution in [2.45, 2.75) is 25.3 Å². The van der Waals surface area contributed by atoms with E-state index in [0.717, 1.165) is 30.9 Å². The molecular weight excluding hydrogens is 284 g/mol. The summed E-state index contributed by atoms with van der Waals surface area (Å²) >= 11 is 1.81. The monoisotopic (exact) mass is 306 g/mol. The maximum absolute atomic E-state index is 12.2. The molecule has 1 N–H and O–H groups in total. The van der Waals surface area contributed by atoms with Gasteiger partial charge in [-0.3, -0.25) is 4.79 Å². The average molecular weight is 306 g/mol. The molecule has 7 heteroatoms. The van der Waals surface area contributed by atoms with Gasteiger partial charge in [-0.25, -0.2) is 12.7 Å². The highest BCUT2D eigenvalue weighted by atomic mass is 32.2. The molecule has 110 valence electrons. The average Bonchev–Trinajstić information content (AvgIpc) is 2.39. The van der Waals surface area contributed by atoms with E-state index in [1.165, 1.54) is 10.6 Å². The molecule has 0 aromatic carbocycles. The van der Waals surface area contributed by atoms with Gasteiger partial charge >= 0.3 is 0 Å². The minimum absolute atomic E-state index is 0.0349. The number of carbonyl (C=O) groups excluding carboxylic acids is 1. The molecule has 0 amide bonds. The van der Waals surface area contributed by atoms with Crippen LogP contribution >= 0.6 is 11.8 Å². The van der Waals surface area contributed by atoms with Crippen molar-refractivity contribution in [2.24, 2.45) is 5.92 Å². The summed E-state index contributed by atoms with van der Waals surface area (Å²) < 4.78 is 24.6. The van der Waals surface area contributed by atoms with Gasteiger partial charge in [0.25, 0.3) is 0 Å². The highest BCUT2D eigenvalue weighted by Crippen LogP contribution is 2.23. The molecule has 0 saturated carbocycles. The number of carbonyl (C=O) groups is 1. The fraction of sp³-hybridized carbons (Fsp3) is 0.917. The van der Waals surface area contributed by atoms with Gasteiger partial charge in [-0.15, -0.1) is 0 Å². The second-order valence-electron chi connectivity index (χ2n) is 5.38. The van der Waals surface area contributed by atoms with Gasteiger partial charge in [0.2, 0.25) is 10.0 Å². The lowest BCUT2D eigenvalue weighted by Crippen LogP contribution is -2.45. The molecule has 2 fully saturated rings. The van der Waals surface area contributed by atoms with Gasteiger partial charge in [0.15, 0.2) is 5.78 Å². The van der Waals surface area contributed by atoms with E-state index >= 15 is 0 Å². The van der Waals surface area contributed by atoms with Crippen molar-refractivity contribution in [2.75, 3.05) is 37.4 Å². The standard InChI is InChI=1S/C12H22N2O3S2/c1-19(16,17)14-5-2-3-10(8-14)7-12(15)11-9-18-6-4-13-11/h10-11,13H,2-9H2,1H3. The van der Waals surface area contributed by atoms with Gasteiger partial charge in [0.1, 0.15) is 0 Å². The van der Waals surface area contributed by atoms with Crippen LogP contribution in [0.25, 0.3) is 0 Å². The Morgan fingerprint density at radius 3 is 2.89 bits per heavy atom. The molecule has 0 aromatic heterocycles. The fourth-order valence-corrected chi connectivity index (χ4v) is 4.60. The number of nitrogens with zero attached hydrogens (tertiary/aromatic N) is 1. The minimum atomic E-state index is -3.12. The van der Waals surface area contributed by atoms with Crippen molar-refractivity contribution in [3.8, 4) is 0 Å². The van der Waals surface area contributed by atoms with E-state index in [1.807, 2.05) is 11.8 Å². The fourth-order valence-electron chi connectivity index (χ4n) is 2.69. The summed E-state index contributed by atoms with van der Waals surface area (Å²) in [5, 5.41) is 3.25. The summed E-state index contributed by atoms with van der Waals surface area (Å²) in [5.41, 5.74) is 0. The van der Waals surface area contributed by atoms with Gasteiger partial charge in [-0.2, -0.15) is 11.8 Å². The molecule has 5 nitrogen and oxygen atoms in total. The third kappa shape index (κ3) is 4.44. The lowest BCUT2D eigenvalue weighted by Gasteiger charge is -2.31. The quantitative estimate of drug-likeness (QED) is 0.810. The number of Topliss-reactive ketones (excluding diaryl/α,β-unsaturated/α-hetero) is 1. The maximum atomic E-state index is 12.2. The van der Waals surface area contributed by atoms with Gasteiger partial charge in [-0.05, 0) is 18.8 Å². The zero-order chi connectivity index (χ0) is 13.9. The van der Waals surface area contributed by atoms with Crippen LogP contribution in [0, 0.1) is 5.92 Å². The third-order valence-corrected chi connectivity index (χ3v) is 6.08. The lowest BCUT2D eigenvalue weighted by molar-refractivity contribution is -0.121. The van der Waals surface area contributed by atoms with Crippen LogP contribution in [-0.4, -0.2) is 61.9 Å². The van der Waals surface area contributed by atoms with Gasteiger partial charge < -0.3 is 5.32 Å². The molecule has 0 bridgehead atoms. The largest absolute Gasteiger partial charge is 0.306 e. The van der Waals surface area contributed by atoms with E-state index in [1.54, 1.807) is 0 Å². The van der Waals surface area contributed by atoms with Crippen molar-refractivity contribution in [3.63, 3.8) is 0 Å². The minimum Gasteiger partial charge on any atom is -0.306 e. The van der Waals surface area contributed by atoms with Crippen molar-refractivity contribution in [3.05, 3.63) is 0 Å². The van der Waals surface area contributed by atoms with E-state index in [2.05, 4.69) is 5.32 Å². The van der Waals surface area contributed by atoms with Crippen LogP contribution in [-0.2, 0) is 14.8 Å². The summed E-state index contributed by atoms with van der Waals surface area (Å²) in [6.45, 7) is 1.99. The van der Waals surface area contributed by atoms with Crippen LogP contribution < -0.4 is 5.32 Å². The number of nitrogens with one attached hydrogen (secondary N) is 1. The molecule has 2 saturated heterocycles. The summed E-state index contributed by atoms with van der Waals surface area (Å²) in [4.78, 5) is 12.2. The Morgan fingerprint density at radius 2 is 2.26 bits per heavy atom. The summed E-state index contributed by atoms with van der Waals surface area (Å²) in [7, 11) is -3.12. The summed E-state index contributed by atoms with van der Waals surface area (Å²) in [6.07, 6.45) is 3.57. The van der Waals surface area contributed by atoms with E-state index in [-0.39, 0.29) is 17.7 Å². The Balaban J connectivity index is 1.86. The van der Waals surface area contributed by atoms with Gasteiger partial charge in [-0.1, -0.05) is 0 Å². The molecular formula is C12H22N2O3S2. The second kappa shape index (κ2) is 6.56. The second-order valence-corrected chi connectivity index (χ2v) is 8.51. The van der Waals surface area contributed by atoms with Crippen LogP contribution in [0.3, 0.4) is 0 Å². The lowest BCUT2D eigenvalue weighted by atomic mass is 9.92.